The summed E-state index contributed by atoms with van der Waals surface area (Å²) in [6.45, 7) is 0. The van der Waals surface area contributed by atoms with Crippen molar-refractivity contribution in [2.45, 2.75) is 0 Å². The molecule has 4 nitrogen and oxygen atoms in total. The van der Waals surface area contributed by atoms with Crippen molar-refractivity contribution in [1.82, 2.24) is 0 Å². The van der Waals surface area contributed by atoms with Gasteiger partial charge in [0, 0.05) is 5.57 Å². The maximum absolute atomic E-state index is 12.0. The van der Waals surface area contributed by atoms with Crippen LogP contribution in [0.4, 0.5) is 0 Å². The van der Waals surface area contributed by atoms with Crippen LogP contribution in [-0.2, 0) is 19.1 Å². The van der Waals surface area contributed by atoms with Gasteiger partial charge in [0.2, 0.25) is 5.78 Å². The lowest BCUT2D eigenvalue weighted by Crippen LogP contribution is -2.18. The van der Waals surface area contributed by atoms with Crippen molar-refractivity contribution >= 4 is 23.6 Å². The van der Waals surface area contributed by atoms with Crippen LogP contribution >= 0.6 is 0 Å². The van der Waals surface area contributed by atoms with Crippen LogP contribution < -0.4 is 0 Å². The highest BCUT2D eigenvalue weighted by Gasteiger charge is 2.25. The molecule has 0 radical (unpaired) electrons. The van der Waals surface area contributed by atoms with Gasteiger partial charge in [0.25, 0.3) is 0 Å². The fourth-order valence-electron chi connectivity index (χ4n) is 2.15. The summed E-state index contributed by atoms with van der Waals surface area (Å²) in [4.78, 5) is 35.0. The molecule has 0 heterocycles. The number of esters is 1. The number of carbonyl (C=O) groups excluding carboxylic acids is 3. The third-order valence-corrected chi connectivity index (χ3v) is 3.12. The maximum atomic E-state index is 12.0. The average molecular weight is 294 g/mol. The second-order valence-electron chi connectivity index (χ2n) is 4.46. The van der Waals surface area contributed by atoms with Crippen molar-refractivity contribution in [3.63, 3.8) is 0 Å². The van der Waals surface area contributed by atoms with Crippen LogP contribution in [0.2, 0.25) is 0 Å². The molecule has 2 aromatic carbocycles. The zero-order chi connectivity index (χ0) is 15.9. The number of hydrogen-bond acceptors (Lipinski definition) is 4. The van der Waals surface area contributed by atoms with Gasteiger partial charge in [-0.05, 0) is 11.1 Å². The molecule has 0 aromatic heterocycles. The van der Waals surface area contributed by atoms with E-state index in [1.165, 1.54) is 7.11 Å². The van der Waals surface area contributed by atoms with Crippen molar-refractivity contribution in [3.05, 3.63) is 77.4 Å². The zero-order valence-corrected chi connectivity index (χ0v) is 12.0. The number of Topliss-reactive ketones (excluding diaryl/α,β-unsaturated/α-hetero) is 1. The summed E-state index contributed by atoms with van der Waals surface area (Å²) < 4.78 is 4.68. The van der Waals surface area contributed by atoms with Gasteiger partial charge in [0.15, 0.2) is 6.29 Å². The molecular formula is C18H14O4. The first-order valence-electron chi connectivity index (χ1n) is 6.62. The Balaban J connectivity index is 2.80. The van der Waals surface area contributed by atoms with E-state index in [0.717, 1.165) is 0 Å². The van der Waals surface area contributed by atoms with Crippen LogP contribution in [-0.4, -0.2) is 25.1 Å². The summed E-state index contributed by atoms with van der Waals surface area (Å²) in [5.41, 5.74) is 1.42. The molecule has 22 heavy (non-hydrogen) atoms. The normalized spacial score (nSPS) is 9.68. The van der Waals surface area contributed by atoms with Gasteiger partial charge in [0.05, 0.1) is 7.11 Å². The fraction of sp³-hybridized carbons (Fsp3) is 0.0556. The van der Waals surface area contributed by atoms with Gasteiger partial charge in [-0.2, -0.15) is 0 Å². The number of ether oxygens (including phenoxy) is 1. The molecule has 0 fully saturated rings. The van der Waals surface area contributed by atoms with Crippen molar-refractivity contribution in [2.24, 2.45) is 0 Å². The topological polar surface area (TPSA) is 60.4 Å². The number of ketones is 1. The quantitative estimate of drug-likeness (QED) is 0.212. The van der Waals surface area contributed by atoms with Crippen molar-refractivity contribution in [3.8, 4) is 0 Å². The van der Waals surface area contributed by atoms with Crippen LogP contribution in [0.5, 0.6) is 0 Å². The maximum Gasteiger partial charge on any atom is 0.342 e. The van der Waals surface area contributed by atoms with Crippen LogP contribution in [0.3, 0.4) is 0 Å². The SMILES string of the molecule is COC(=O)C(C(=O)C=O)=C(c1ccccc1)c1ccccc1. The Hall–Kier alpha value is -3.01. The van der Waals surface area contributed by atoms with Crippen molar-refractivity contribution < 1.29 is 19.1 Å². The van der Waals surface area contributed by atoms with E-state index >= 15 is 0 Å². The molecule has 0 aliphatic rings. The third kappa shape index (κ3) is 3.17. The van der Waals surface area contributed by atoms with E-state index in [1.54, 1.807) is 48.5 Å². The molecule has 0 atom stereocenters. The number of aldehydes is 1. The number of benzene rings is 2. The van der Waals surface area contributed by atoms with E-state index in [-0.39, 0.29) is 11.9 Å². The van der Waals surface area contributed by atoms with E-state index in [1.807, 2.05) is 12.1 Å². The third-order valence-electron chi connectivity index (χ3n) is 3.12. The first kappa shape index (κ1) is 15.4. The van der Waals surface area contributed by atoms with Gasteiger partial charge in [-0.25, -0.2) is 4.79 Å². The molecule has 2 rings (SSSR count). The number of rotatable bonds is 5. The van der Waals surface area contributed by atoms with Gasteiger partial charge < -0.3 is 4.74 Å². The molecule has 0 saturated heterocycles. The molecule has 0 unspecified atom stereocenters. The summed E-state index contributed by atoms with van der Waals surface area (Å²) in [5, 5.41) is 0. The van der Waals surface area contributed by atoms with E-state index in [4.69, 9.17) is 0 Å². The van der Waals surface area contributed by atoms with E-state index in [0.29, 0.717) is 16.7 Å². The van der Waals surface area contributed by atoms with E-state index < -0.39 is 11.8 Å². The summed E-state index contributed by atoms with van der Waals surface area (Å²) >= 11 is 0. The van der Waals surface area contributed by atoms with Gasteiger partial charge in [-0.3, -0.25) is 9.59 Å². The predicted octanol–water partition coefficient (Wildman–Crippen LogP) is 2.43. The van der Waals surface area contributed by atoms with Crippen LogP contribution in [0.15, 0.2) is 66.2 Å². The molecule has 0 saturated carbocycles. The number of carbonyl (C=O) groups is 3. The Bertz CT molecular complexity index is 674. The Morgan fingerprint density at radius 3 is 1.68 bits per heavy atom. The second kappa shape index (κ2) is 7.13. The summed E-state index contributed by atoms with van der Waals surface area (Å²) in [6.07, 6.45) is 0.123. The molecule has 4 heteroatoms. The summed E-state index contributed by atoms with van der Waals surface area (Å²) in [5.74, 6) is -1.74. The first-order chi connectivity index (χ1) is 10.7. The minimum Gasteiger partial charge on any atom is -0.465 e. The molecule has 0 bridgehead atoms. The summed E-state index contributed by atoms with van der Waals surface area (Å²) in [6, 6.07) is 17.9. The second-order valence-corrected chi connectivity index (χ2v) is 4.46. The van der Waals surface area contributed by atoms with Crippen molar-refractivity contribution in [2.75, 3.05) is 7.11 Å². The number of methoxy groups -OCH3 is 1. The Morgan fingerprint density at radius 2 is 1.32 bits per heavy atom. The molecule has 0 aliphatic heterocycles. The van der Waals surface area contributed by atoms with Gasteiger partial charge in [-0.1, -0.05) is 60.7 Å². The predicted molar refractivity (Wildman–Crippen MR) is 82.0 cm³/mol. The zero-order valence-electron chi connectivity index (χ0n) is 12.0. The molecule has 0 N–H and O–H groups in total. The molecule has 2 aromatic rings. The lowest BCUT2D eigenvalue weighted by molar-refractivity contribution is -0.139. The smallest absolute Gasteiger partial charge is 0.342 e. The van der Waals surface area contributed by atoms with E-state index in [9.17, 15) is 14.4 Å². The van der Waals surface area contributed by atoms with Crippen LogP contribution in [0.1, 0.15) is 11.1 Å². The highest BCUT2D eigenvalue weighted by molar-refractivity contribution is 6.43. The standard InChI is InChI=1S/C18H14O4/c1-22-18(21)17(15(20)12-19)16(13-8-4-2-5-9-13)14-10-6-3-7-11-14/h2-12H,1H3. The van der Waals surface area contributed by atoms with Crippen LogP contribution in [0, 0.1) is 0 Å². The molecular weight excluding hydrogens is 280 g/mol. The lowest BCUT2D eigenvalue weighted by atomic mass is 9.91. The Morgan fingerprint density at radius 1 is 0.864 bits per heavy atom. The fourth-order valence-corrected chi connectivity index (χ4v) is 2.15. The average Bonchev–Trinajstić information content (AvgIpc) is 2.59. The largest absolute Gasteiger partial charge is 0.465 e. The molecule has 0 spiro atoms. The van der Waals surface area contributed by atoms with E-state index in [2.05, 4.69) is 4.74 Å². The summed E-state index contributed by atoms with van der Waals surface area (Å²) in [7, 11) is 1.17. The van der Waals surface area contributed by atoms with Crippen LogP contribution in [0.25, 0.3) is 5.57 Å². The Kier molecular flexibility index (Phi) is 4.98. The van der Waals surface area contributed by atoms with Gasteiger partial charge in [-0.15, -0.1) is 0 Å². The molecule has 0 amide bonds. The Labute approximate surface area is 128 Å². The number of hydrogen-bond donors (Lipinski definition) is 0. The molecule has 0 aliphatic carbocycles. The molecule has 110 valence electrons. The lowest BCUT2D eigenvalue weighted by Gasteiger charge is -2.12. The highest BCUT2D eigenvalue weighted by atomic mass is 16.5. The highest BCUT2D eigenvalue weighted by Crippen LogP contribution is 2.27. The van der Waals surface area contributed by atoms with Crippen molar-refractivity contribution in [1.29, 1.82) is 0 Å². The minimum atomic E-state index is -0.908. The first-order valence-corrected chi connectivity index (χ1v) is 6.62. The monoisotopic (exact) mass is 294 g/mol. The van der Waals surface area contributed by atoms with Gasteiger partial charge >= 0.3 is 5.97 Å². The minimum absolute atomic E-state index is 0.123. The van der Waals surface area contributed by atoms with Gasteiger partial charge in [0.1, 0.15) is 5.57 Å².